The van der Waals surface area contributed by atoms with Crippen LogP contribution < -0.4 is 0 Å². The topological polar surface area (TPSA) is 43.1 Å². The van der Waals surface area contributed by atoms with Crippen LogP contribution in [0.2, 0.25) is 0 Å². The maximum Gasteiger partial charge on any atom is 0.139 e. The van der Waals surface area contributed by atoms with E-state index in [1.165, 1.54) is 5.56 Å². The highest BCUT2D eigenvalue weighted by atomic mass is 15.4. The SMILES string of the molecule is Cc1cccc2ccc3c(-c4ccccn4)nnn3c12. The fourth-order valence-electron chi connectivity index (χ4n) is 2.56. The second-order valence-corrected chi connectivity index (χ2v) is 4.80. The molecule has 96 valence electrons. The predicted octanol–water partition coefficient (Wildman–Crippen LogP) is 3.25. The monoisotopic (exact) mass is 260 g/mol. The van der Waals surface area contributed by atoms with Gasteiger partial charge in [0.05, 0.1) is 16.7 Å². The van der Waals surface area contributed by atoms with E-state index in [4.69, 9.17) is 0 Å². The zero-order chi connectivity index (χ0) is 13.5. The molecule has 20 heavy (non-hydrogen) atoms. The molecule has 1 aromatic carbocycles. The average molecular weight is 260 g/mol. The van der Waals surface area contributed by atoms with E-state index in [0.717, 1.165) is 27.8 Å². The molecule has 4 aromatic rings. The summed E-state index contributed by atoms with van der Waals surface area (Å²) >= 11 is 0. The van der Waals surface area contributed by atoms with Crippen LogP contribution >= 0.6 is 0 Å². The van der Waals surface area contributed by atoms with Gasteiger partial charge in [0.2, 0.25) is 0 Å². The van der Waals surface area contributed by atoms with Gasteiger partial charge < -0.3 is 0 Å². The number of pyridine rings is 2. The van der Waals surface area contributed by atoms with Crippen molar-refractivity contribution in [2.24, 2.45) is 0 Å². The van der Waals surface area contributed by atoms with Gasteiger partial charge in [0.25, 0.3) is 0 Å². The Morgan fingerprint density at radius 3 is 2.75 bits per heavy atom. The molecule has 0 aliphatic heterocycles. The number of aryl methyl sites for hydroxylation is 1. The summed E-state index contributed by atoms with van der Waals surface area (Å²) in [7, 11) is 0. The highest BCUT2D eigenvalue weighted by Crippen LogP contribution is 2.25. The second kappa shape index (κ2) is 4.13. The zero-order valence-corrected chi connectivity index (χ0v) is 11.0. The molecule has 0 aliphatic rings. The van der Waals surface area contributed by atoms with Gasteiger partial charge in [-0.15, -0.1) is 5.10 Å². The third-order valence-corrected chi connectivity index (χ3v) is 3.51. The van der Waals surface area contributed by atoms with Gasteiger partial charge in [-0.1, -0.05) is 35.5 Å². The molecule has 0 atom stereocenters. The molecule has 0 bridgehead atoms. The Hall–Kier alpha value is -2.75. The lowest BCUT2D eigenvalue weighted by Crippen LogP contribution is -1.92. The van der Waals surface area contributed by atoms with Gasteiger partial charge in [-0.3, -0.25) is 4.98 Å². The first-order chi connectivity index (χ1) is 9.84. The van der Waals surface area contributed by atoms with E-state index >= 15 is 0 Å². The van der Waals surface area contributed by atoms with Crippen molar-refractivity contribution in [1.29, 1.82) is 0 Å². The van der Waals surface area contributed by atoms with Gasteiger partial charge in [-0.25, -0.2) is 4.52 Å². The molecule has 0 unspecified atom stereocenters. The first-order valence-corrected chi connectivity index (χ1v) is 6.50. The maximum atomic E-state index is 4.36. The zero-order valence-electron chi connectivity index (χ0n) is 11.0. The van der Waals surface area contributed by atoms with Gasteiger partial charge in [0, 0.05) is 11.6 Å². The molecular weight excluding hydrogens is 248 g/mol. The van der Waals surface area contributed by atoms with Crippen LogP contribution in [-0.4, -0.2) is 19.8 Å². The molecule has 4 heteroatoms. The summed E-state index contributed by atoms with van der Waals surface area (Å²) in [5, 5.41) is 9.78. The fraction of sp³-hybridized carbons (Fsp3) is 0.0625. The number of aromatic nitrogens is 4. The molecule has 4 nitrogen and oxygen atoms in total. The molecule has 3 heterocycles. The number of hydrogen-bond acceptors (Lipinski definition) is 3. The fourth-order valence-corrected chi connectivity index (χ4v) is 2.56. The minimum Gasteiger partial charge on any atom is -0.254 e. The number of nitrogens with zero attached hydrogens (tertiary/aromatic N) is 4. The van der Waals surface area contributed by atoms with Crippen molar-refractivity contribution in [3.63, 3.8) is 0 Å². The molecule has 0 radical (unpaired) electrons. The maximum absolute atomic E-state index is 4.36. The first kappa shape index (κ1) is 11.1. The van der Waals surface area contributed by atoms with Gasteiger partial charge in [0.1, 0.15) is 5.69 Å². The molecule has 0 amide bonds. The molecule has 0 saturated carbocycles. The van der Waals surface area contributed by atoms with E-state index in [1.807, 2.05) is 28.8 Å². The van der Waals surface area contributed by atoms with Crippen molar-refractivity contribution in [2.45, 2.75) is 6.92 Å². The lowest BCUT2D eigenvalue weighted by molar-refractivity contribution is 0.881. The number of benzene rings is 1. The molecule has 0 saturated heterocycles. The van der Waals surface area contributed by atoms with Crippen molar-refractivity contribution < 1.29 is 0 Å². The summed E-state index contributed by atoms with van der Waals surface area (Å²) in [6, 6.07) is 16.2. The van der Waals surface area contributed by atoms with Crippen LogP contribution in [0.25, 0.3) is 27.8 Å². The summed E-state index contributed by atoms with van der Waals surface area (Å²) in [6.07, 6.45) is 1.77. The number of rotatable bonds is 1. The normalized spacial score (nSPS) is 11.2. The molecule has 3 aromatic heterocycles. The first-order valence-electron chi connectivity index (χ1n) is 6.50. The Labute approximate surface area is 115 Å². The van der Waals surface area contributed by atoms with Crippen molar-refractivity contribution >= 4 is 16.4 Å². The highest BCUT2D eigenvalue weighted by molar-refractivity contribution is 5.88. The van der Waals surface area contributed by atoms with Crippen molar-refractivity contribution in [3.05, 3.63) is 60.3 Å². The lowest BCUT2D eigenvalue weighted by Gasteiger charge is -2.04. The van der Waals surface area contributed by atoms with Crippen LogP contribution in [0, 0.1) is 6.92 Å². The second-order valence-electron chi connectivity index (χ2n) is 4.80. The lowest BCUT2D eigenvalue weighted by atomic mass is 10.1. The predicted molar refractivity (Wildman–Crippen MR) is 78.5 cm³/mol. The molecule has 0 N–H and O–H groups in total. The van der Waals surface area contributed by atoms with Crippen LogP contribution in [-0.2, 0) is 0 Å². The van der Waals surface area contributed by atoms with E-state index in [2.05, 4.69) is 46.5 Å². The van der Waals surface area contributed by atoms with E-state index in [0.29, 0.717) is 0 Å². The average Bonchev–Trinajstić information content (AvgIpc) is 2.92. The Kier molecular flexibility index (Phi) is 2.29. The Bertz CT molecular complexity index is 910. The summed E-state index contributed by atoms with van der Waals surface area (Å²) in [6.45, 7) is 2.09. The third kappa shape index (κ3) is 1.51. The van der Waals surface area contributed by atoms with Gasteiger partial charge in [-0.05, 0) is 30.7 Å². The number of hydrogen-bond donors (Lipinski definition) is 0. The Morgan fingerprint density at radius 2 is 1.90 bits per heavy atom. The highest BCUT2D eigenvalue weighted by Gasteiger charge is 2.12. The quantitative estimate of drug-likeness (QED) is 0.527. The van der Waals surface area contributed by atoms with Crippen LogP contribution in [0.1, 0.15) is 5.56 Å². The Morgan fingerprint density at radius 1 is 0.950 bits per heavy atom. The van der Waals surface area contributed by atoms with Crippen LogP contribution in [0.15, 0.2) is 54.7 Å². The minimum atomic E-state index is 0.816. The number of para-hydroxylation sites is 1. The molecule has 0 spiro atoms. The van der Waals surface area contributed by atoms with Gasteiger partial charge in [-0.2, -0.15) is 0 Å². The molecule has 0 fully saturated rings. The summed E-state index contributed by atoms with van der Waals surface area (Å²) in [4.78, 5) is 4.36. The van der Waals surface area contributed by atoms with Crippen molar-refractivity contribution in [1.82, 2.24) is 19.8 Å². The van der Waals surface area contributed by atoms with Crippen LogP contribution in [0.5, 0.6) is 0 Å². The van der Waals surface area contributed by atoms with E-state index in [9.17, 15) is 0 Å². The third-order valence-electron chi connectivity index (χ3n) is 3.51. The summed E-state index contributed by atoms with van der Waals surface area (Å²) in [5.41, 5.74) is 4.92. The summed E-state index contributed by atoms with van der Waals surface area (Å²) in [5.74, 6) is 0. The standard InChI is InChI=1S/C16H12N4/c1-11-5-4-6-12-8-9-14-15(13-7-2-3-10-17-13)18-19-20(14)16(11)12/h2-10H,1H3. The van der Waals surface area contributed by atoms with Crippen LogP contribution in [0.4, 0.5) is 0 Å². The molecule has 0 aliphatic carbocycles. The molecule has 4 rings (SSSR count). The molecular formula is C16H12N4. The smallest absolute Gasteiger partial charge is 0.139 e. The minimum absolute atomic E-state index is 0.816. The van der Waals surface area contributed by atoms with Crippen molar-refractivity contribution in [2.75, 3.05) is 0 Å². The largest absolute Gasteiger partial charge is 0.254 e. The van der Waals surface area contributed by atoms with Gasteiger partial charge >= 0.3 is 0 Å². The van der Waals surface area contributed by atoms with Gasteiger partial charge in [0.15, 0.2) is 0 Å². The van der Waals surface area contributed by atoms with E-state index in [-0.39, 0.29) is 0 Å². The Balaban J connectivity index is 2.10. The number of fused-ring (bicyclic) bond motifs is 3. The van der Waals surface area contributed by atoms with Crippen molar-refractivity contribution in [3.8, 4) is 11.4 Å². The summed E-state index contributed by atoms with van der Waals surface area (Å²) < 4.78 is 1.90. The van der Waals surface area contributed by atoms with Crippen LogP contribution in [0.3, 0.4) is 0 Å². The van der Waals surface area contributed by atoms with E-state index in [1.54, 1.807) is 6.20 Å². The van der Waals surface area contributed by atoms with E-state index < -0.39 is 0 Å².